The molecule has 1 aliphatic heterocycles. The first-order valence-electron chi connectivity index (χ1n) is 9.51. The summed E-state index contributed by atoms with van der Waals surface area (Å²) in [6, 6.07) is 12.3. The highest BCUT2D eigenvalue weighted by Crippen LogP contribution is 2.34. The Morgan fingerprint density at radius 2 is 1.96 bits per heavy atom. The number of hydrogen-bond acceptors (Lipinski definition) is 5. The minimum absolute atomic E-state index is 0.197. The van der Waals surface area contributed by atoms with Crippen molar-refractivity contribution in [2.75, 3.05) is 25.3 Å². The SMILES string of the molecule is CCCCOc1ccc(NC(=O)NCCC(O)c2ccc3c(c2)OCO3)cc1. The first kappa shape index (κ1) is 19.8. The van der Waals surface area contributed by atoms with Crippen molar-refractivity contribution in [3.05, 3.63) is 48.0 Å². The van der Waals surface area contributed by atoms with Gasteiger partial charge in [-0.1, -0.05) is 19.4 Å². The van der Waals surface area contributed by atoms with E-state index in [9.17, 15) is 9.90 Å². The minimum atomic E-state index is -0.700. The quantitative estimate of drug-likeness (QED) is 0.570. The van der Waals surface area contributed by atoms with Gasteiger partial charge in [0.15, 0.2) is 11.5 Å². The zero-order chi connectivity index (χ0) is 19.8. The molecule has 3 rings (SSSR count). The van der Waals surface area contributed by atoms with Crippen LogP contribution in [0.1, 0.15) is 37.9 Å². The lowest BCUT2D eigenvalue weighted by Gasteiger charge is -2.13. The van der Waals surface area contributed by atoms with Gasteiger partial charge >= 0.3 is 6.03 Å². The normalized spacial score (nSPS) is 13.1. The van der Waals surface area contributed by atoms with Gasteiger partial charge in [0.2, 0.25) is 6.79 Å². The van der Waals surface area contributed by atoms with E-state index >= 15 is 0 Å². The molecule has 7 nitrogen and oxygen atoms in total. The highest BCUT2D eigenvalue weighted by Gasteiger charge is 2.16. The number of unbranched alkanes of at least 4 members (excludes halogenated alkanes) is 1. The maximum atomic E-state index is 12.0. The summed E-state index contributed by atoms with van der Waals surface area (Å²) in [6.07, 6.45) is 1.79. The van der Waals surface area contributed by atoms with E-state index in [-0.39, 0.29) is 12.8 Å². The van der Waals surface area contributed by atoms with Crippen LogP contribution in [0.25, 0.3) is 0 Å². The highest BCUT2D eigenvalue weighted by molar-refractivity contribution is 5.89. The molecule has 0 radical (unpaired) electrons. The number of fused-ring (bicyclic) bond motifs is 1. The van der Waals surface area contributed by atoms with E-state index in [1.54, 1.807) is 30.3 Å². The van der Waals surface area contributed by atoms with Gasteiger partial charge in [0, 0.05) is 12.2 Å². The molecule has 2 amide bonds. The van der Waals surface area contributed by atoms with Crippen molar-refractivity contribution >= 4 is 11.7 Å². The van der Waals surface area contributed by atoms with Crippen molar-refractivity contribution in [3.8, 4) is 17.2 Å². The summed E-state index contributed by atoms with van der Waals surface area (Å²) in [5.74, 6) is 2.09. The maximum Gasteiger partial charge on any atom is 0.319 e. The monoisotopic (exact) mass is 386 g/mol. The van der Waals surface area contributed by atoms with E-state index in [1.165, 1.54) is 0 Å². The van der Waals surface area contributed by atoms with E-state index in [0.29, 0.717) is 36.8 Å². The Hall–Kier alpha value is -2.93. The number of amides is 2. The molecule has 0 bridgehead atoms. The van der Waals surface area contributed by atoms with Crippen LogP contribution in [0.3, 0.4) is 0 Å². The lowest BCUT2D eigenvalue weighted by molar-refractivity contribution is 0.165. The second kappa shape index (κ2) is 9.85. The number of nitrogens with one attached hydrogen (secondary N) is 2. The number of urea groups is 1. The predicted octanol–water partition coefficient (Wildman–Crippen LogP) is 3.84. The summed E-state index contributed by atoms with van der Waals surface area (Å²) < 4.78 is 16.2. The average Bonchev–Trinajstić information content (AvgIpc) is 3.17. The van der Waals surface area contributed by atoms with Crippen LogP contribution < -0.4 is 24.8 Å². The number of aliphatic hydroxyl groups excluding tert-OH is 1. The molecule has 0 fully saturated rings. The average molecular weight is 386 g/mol. The first-order chi connectivity index (χ1) is 13.7. The molecule has 0 aliphatic carbocycles. The molecule has 28 heavy (non-hydrogen) atoms. The number of hydrogen-bond donors (Lipinski definition) is 3. The maximum absolute atomic E-state index is 12.0. The molecule has 2 aromatic rings. The molecule has 2 aromatic carbocycles. The highest BCUT2D eigenvalue weighted by atomic mass is 16.7. The lowest BCUT2D eigenvalue weighted by atomic mass is 10.1. The van der Waals surface area contributed by atoms with Crippen molar-refractivity contribution in [1.29, 1.82) is 0 Å². The number of ether oxygens (including phenoxy) is 3. The largest absolute Gasteiger partial charge is 0.494 e. The van der Waals surface area contributed by atoms with Gasteiger partial charge in [-0.2, -0.15) is 0 Å². The van der Waals surface area contributed by atoms with Gasteiger partial charge in [-0.05, 0) is 54.8 Å². The van der Waals surface area contributed by atoms with Crippen LogP contribution >= 0.6 is 0 Å². The Balaban J connectivity index is 1.39. The Bertz CT molecular complexity index is 779. The molecule has 0 saturated heterocycles. The van der Waals surface area contributed by atoms with Crippen LogP contribution in [0.2, 0.25) is 0 Å². The van der Waals surface area contributed by atoms with Crippen molar-refractivity contribution in [3.63, 3.8) is 0 Å². The molecule has 1 aliphatic rings. The number of benzene rings is 2. The molecule has 150 valence electrons. The molecule has 0 saturated carbocycles. The summed E-state index contributed by atoms with van der Waals surface area (Å²) in [6.45, 7) is 3.33. The zero-order valence-electron chi connectivity index (χ0n) is 15.9. The fourth-order valence-electron chi connectivity index (χ4n) is 2.75. The second-order valence-corrected chi connectivity index (χ2v) is 6.52. The fraction of sp³-hybridized carbons (Fsp3) is 0.381. The van der Waals surface area contributed by atoms with E-state index in [1.807, 2.05) is 12.1 Å². The van der Waals surface area contributed by atoms with Crippen LogP contribution in [-0.4, -0.2) is 31.1 Å². The number of anilines is 1. The lowest BCUT2D eigenvalue weighted by Crippen LogP contribution is -2.30. The zero-order valence-corrected chi connectivity index (χ0v) is 15.9. The Labute approximate surface area is 164 Å². The van der Waals surface area contributed by atoms with Crippen molar-refractivity contribution < 1.29 is 24.1 Å². The molecule has 1 atom stereocenters. The van der Waals surface area contributed by atoms with Gasteiger partial charge in [-0.25, -0.2) is 4.79 Å². The molecule has 1 heterocycles. The minimum Gasteiger partial charge on any atom is -0.494 e. The number of aliphatic hydroxyl groups is 1. The predicted molar refractivity (Wildman–Crippen MR) is 106 cm³/mol. The topological polar surface area (TPSA) is 89.1 Å². The number of carbonyl (C=O) groups excluding carboxylic acids is 1. The van der Waals surface area contributed by atoms with Crippen molar-refractivity contribution in [2.45, 2.75) is 32.3 Å². The Morgan fingerprint density at radius 3 is 2.75 bits per heavy atom. The van der Waals surface area contributed by atoms with Crippen molar-refractivity contribution in [1.82, 2.24) is 5.32 Å². The molecule has 7 heteroatoms. The van der Waals surface area contributed by atoms with E-state index in [0.717, 1.165) is 24.2 Å². The number of carbonyl (C=O) groups is 1. The van der Waals surface area contributed by atoms with Crippen LogP contribution in [0.15, 0.2) is 42.5 Å². The summed E-state index contributed by atoms with van der Waals surface area (Å²) >= 11 is 0. The summed E-state index contributed by atoms with van der Waals surface area (Å²) in [7, 11) is 0. The molecular formula is C21H26N2O5. The first-order valence-corrected chi connectivity index (χ1v) is 9.51. The third kappa shape index (κ3) is 5.53. The number of rotatable bonds is 9. The fourth-order valence-corrected chi connectivity index (χ4v) is 2.75. The van der Waals surface area contributed by atoms with Gasteiger partial charge < -0.3 is 30.0 Å². The second-order valence-electron chi connectivity index (χ2n) is 6.52. The van der Waals surface area contributed by atoms with Crippen LogP contribution in [0.4, 0.5) is 10.5 Å². The Morgan fingerprint density at radius 1 is 1.18 bits per heavy atom. The van der Waals surface area contributed by atoms with Gasteiger partial charge in [0.1, 0.15) is 5.75 Å². The molecular weight excluding hydrogens is 360 g/mol. The van der Waals surface area contributed by atoms with Gasteiger partial charge in [-0.15, -0.1) is 0 Å². The van der Waals surface area contributed by atoms with Gasteiger partial charge in [-0.3, -0.25) is 0 Å². The summed E-state index contributed by atoms with van der Waals surface area (Å²) in [5, 5.41) is 15.8. The summed E-state index contributed by atoms with van der Waals surface area (Å²) in [4.78, 5) is 12.0. The Kier molecular flexibility index (Phi) is 6.97. The summed E-state index contributed by atoms with van der Waals surface area (Å²) in [5.41, 5.74) is 1.40. The van der Waals surface area contributed by atoms with Crippen LogP contribution in [0.5, 0.6) is 17.2 Å². The molecule has 1 unspecified atom stereocenters. The van der Waals surface area contributed by atoms with Gasteiger partial charge in [0.25, 0.3) is 0 Å². The van der Waals surface area contributed by atoms with Crippen LogP contribution in [0, 0.1) is 0 Å². The van der Waals surface area contributed by atoms with Crippen molar-refractivity contribution in [2.24, 2.45) is 0 Å². The van der Waals surface area contributed by atoms with E-state index in [2.05, 4.69) is 17.6 Å². The molecule has 3 N–H and O–H groups in total. The third-order valence-corrected chi connectivity index (χ3v) is 4.36. The van der Waals surface area contributed by atoms with Crippen LogP contribution in [-0.2, 0) is 0 Å². The molecule has 0 aromatic heterocycles. The molecule has 0 spiro atoms. The smallest absolute Gasteiger partial charge is 0.319 e. The standard InChI is InChI=1S/C21H26N2O5/c1-2-3-12-26-17-7-5-16(6-8-17)23-21(25)22-11-10-18(24)15-4-9-19-20(13-15)28-14-27-19/h4-9,13,18,24H,2-3,10-12,14H2,1H3,(H2,22,23,25). The van der Waals surface area contributed by atoms with E-state index in [4.69, 9.17) is 14.2 Å². The third-order valence-electron chi connectivity index (χ3n) is 4.36. The van der Waals surface area contributed by atoms with Gasteiger partial charge in [0.05, 0.1) is 12.7 Å². The van der Waals surface area contributed by atoms with E-state index < -0.39 is 6.10 Å².